The first-order valence-electron chi connectivity index (χ1n) is 9.54. The molecule has 0 bridgehead atoms. The minimum Gasteiger partial charge on any atom is -0.354 e. The van der Waals surface area contributed by atoms with Gasteiger partial charge in [0.25, 0.3) is 11.1 Å². The number of H-pyrrole nitrogens is 1. The molecule has 3 aromatic carbocycles. The highest BCUT2D eigenvalue weighted by Crippen LogP contribution is 2.25. The minimum absolute atomic E-state index is 0.0356. The van der Waals surface area contributed by atoms with E-state index in [1.807, 2.05) is 48.5 Å². The first-order valence-corrected chi connectivity index (χ1v) is 9.54. The fourth-order valence-electron chi connectivity index (χ4n) is 3.21. The Balaban J connectivity index is 1.48. The second-order valence-corrected chi connectivity index (χ2v) is 6.78. The van der Waals surface area contributed by atoms with Crippen molar-refractivity contribution in [1.82, 2.24) is 9.78 Å². The number of rotatable bonds is 6. The van der Waals surface area contributed by atoms with Gasteiger partial charge in [-0.25, -0.2) is 4.68 Å². The third-order valence-electron chi connectivity index (χ3n) is 4.70. The zero-order valence-corrected chi connectivity index (χ0v) is 16.1. The van der Waals surface area contributed by atoms with Crippen molar-refractivity contribution < 1.29 is 4.79 Å². The number of nitrogens with one attached hydrogen (secondary N) is 3. The Hall–Kier alpha value is -4.13. The van der Waals surface area contributed by atoms with Gasteiger partial charge in [0.15, 0.2) is 0 Å². The van der Waals surface area contributed by atoms with Crippen LogP contribution in [0.3, 0.4) is 0 Å². The topological polar surface area (TPSA) is 96.0 Å². The van der Waals surface area contributed by atoms with E-state index in [0.29, 0.717) is 16.5 Å². The summed E-state index contributed by atoms with van der Waals surface area (Å²) >= 11 is 0. The van der Waals surface area contributed by atoms with Crippen LogP contribution < -0.4 is 21.8 Å². The standard InChI is InChI=1S/C23H20N4O3/c28-21(14-15-27-23(30)18-11-5-4-10-17(18)22(29)26-27)25-20-13-7-6-12-19(20)24-16-8-2-1-3-9-16/h1-13,24H,14-15H2,(H,25,28)(H,26,29). The largest absolute Gasteiger partial charge is 0.354 e. The van der Waals surface area contributed by atoms with Crippen LogP contribution >= 0.6 is 0 Å². The van der Waals surface area contributed by atoms with Gasteiger partial charge in [-0.1, -0.05) is 42.5 Å². The number of anilines is 3. The lowest BCUT2D eigenvalue weighted by Gasteiger charge is -2.13. The van der Waals surface area contributed by atoms with Crippen LogP contribution in [-0.4, -0.2) is 15.7 Å². The molecule has 30 heavy (non-hydrogen) atoms. The normalized spacial score (nSPS) is 10.7. The van der Waals surface area contributed by atoms with E-state index < -0.39 is 0 Å². The number of aromatic amines is 1. The van der Waals surface area contributed by atoms with Gasteiger partial charge in [-0.3, -0.25) is 19.5 Å². The maximum Gasteiger partial charge on any atom is 0.273 e. The summed E-state index contributed by atoms with van der Waals surface area (Å²) in [4.78, 5) is 37.2. The molecule has 0 unspecified atom stereocenters. The number of nitrogens with zero attached hydrogens (tertiary/aromatic N) is 1. The average molecular weight is 400 g/mol. The summed E-state index contributed by atoms with van der Waals surface area (Å²) in [5.41, 5.74) is 1.60. The number of hydrogen-bond acceptors (Lipinski definition) is 4. The van der Waals surface area contributed by atoms with Crippen LogP contribution in [0.4, 0.5) is 17.1 Å². The lowest BCUT2D eigenvalue weighted by molar-refractivity contribution is -0.116. The highest BCUT2D eigenvalue weighted by atomic mass is 16.2. The maximum absolute atomic E-state index is 12.6. The SMILES string of the molecule is O=C(CCn1[nH]c(=O)c2ccccc2c1=O)Nc1ccccc1Nc1ccccc1. The van der Waals surface area contributed by atoms with Crippen molar-refractivity contribution in [1.29, 1.82) is 0 Å². The molecule has 0 radical (unpaired) electrons. The van der Waals surface area contributed by atoms with Crippen molar-refractivity contribution in [2.75, 3.05) is 10.6 Å². The first-order chi connectivity index (χ1) is 14.6. The molecule has 1 aromatic heterocycles. The van der Waals surface area contributed by atoms with E-state index in [9.17, 15) is 14.4 Å². The van der Waals surface area contributed by atoms with Crippen LogP contribution in [-0.2, 0) is 11.3 Å². The third-order valence-corrected chi connectivity index (χ3v) is 4.70. The van der Waals surface area contributed by atoms with Crippen LogP contribution in [0.5, 0.6) is 0 Å². The number of aryl methyl sites for hydroxylation is 1. The molecule has 4 aromatic rings. The smallest absolute Gasteiger partial charge is 0.273 e. The zero-order chi connectivity index (χ0) is 20.9. The van der Waals surface area contributed by atoms with Crippen LogP contribution in [0, 0.1) is 0 Å². The number of amides is 1. The number of para-hydroxylation sites is 3. The maximum atomic E-state index is 12.6. The number of hydrogen-bond donors (Lipinski definition) is 3. The number of aromatic nitrogens is 2. The fraction of sp³-hybridized carbons (Fsp3) is 0.0870. The van der Waals surface area contributed by atoms with Gasteiger partial charge in [0.05, 0.1) is 28.7 Å². The van der Waals surface area contributed by atoms with Gasteiger partial charge in [0.1, 0.15) is 0 Å². The number of benzene rings is 3. The van der Waals surface area contributed by atoms with E-state index in [4.69, 9.17) is 0 Å². The van der Waals surface area contributed by atoms with Crippen LogP contribution in [0.25, 0.3) is 10.8 Å². The Morgan fingerprint density at radius 3 is 2.20 bits per heavy atom. The summed E-state index contributed by atoms with van der Waals surface area (Å²) in [6.45, 7) is 0.0685. The highest BCUT2D eigenvalue weighted by Gasteiger charge is 2.10. The molecule has 7 heteroatoms. The van der Waals surface area contributed by atoms with Crippen molar-refractivity contribution in [3.05, 3.63) is 99.6 Å². The molecule has 4 rings (SSSR count). The molecule has 0 aliphatic rings. The van der Waals surface area contributed by atoms with Gasteiger partial charge in [0, 0.05) is 12.1 Å². The summed E-state index contributed by atoms with van der Waals surface area (Å²) in [7, 11) is 0. The van der Waals surface area contributed by atoms with Crippen molar-refractivity contribution in [3.63, 3.8) is 0 Å². The summed E-state index contributed by atoms with van der Waals surface area (Å²) in [5.74, 6) is -0.266. The minimum atomic E-state index is -0.358. The van der Waals surface area contributed by atoms with Crippen molar-refractivity contribution in [3.8, 4) is 0 Å². The number of carbonyl (C=O) groups excluding carboxylic acids is 1. The molecule has 1 amide bonds. The molecule has 0 aliphatic heterocycles. The number of fused-ring (bicyclic) bond motifs is 1. The predicted octanol–water partition coefficient (Wildman–Crippen LogP) is 3.46. The Kier molecular flexibility index (Phi) is 5.43. The summed E-state index contributed by atoms with van der Waals surface area (Å²) in [6, 6.07) is 23.6. The lowest BCUT2D eigenvalue weighted by Crippen LogP contribution is -2.31. The third kappa shape index (κ3) is 4.15. The van der Waals surface area contributed by atoms with E-state index in [0.717, 1.165) is 11.4 Å². The molecule has 3 N–H and O–H groups in total. The molecular formula is C23H20N4O3. The van der Waals surface area contributed by atoms with Gasteiger partial charge >= 0.3 is 0 Å². The Morgan fingerprint density at radius 2 is 1.43 bits per heavy atom. The summed E-state index contributed by atoms with van der Waals surface area (Å²) in [5, 5.41) is 9.34. The van der Waals surface area contributed by atoms with Gasteiger partial charge < -0.3 is 10.6 Å². The first kappa shape index (κ1) is 19.2. The van der Waals surface area contributed by atoms with E-state index in [1.54, 1.807) is 30.3 Å². The lowest BCUT2D eigenvalue weighted by atomic mass is 10.2. The molecular weight excluding hydrogens is 380 g/mol. The average Bonchev–Trinajstić information content (AvgIpc) is 2.77. The molecule has 0 fully saturated rings. The van der Waals surface area contributed by atoms with Crippen molar-refractivity contribution in [2.45, 2.75) is 13.0 Å². The van der Waals surface area contributed by atoms with Crippen molar-refractivity contribution >= 4 is 33.7 Å². The van der Waals surface area contributed by atoms with E-state index in [-0.39, 0.29) is 30.0 Å². The van der Waals surface area contributed by atoms with E-state index in [2.05, 4.69) is 15.7 Å². The zero-order valence-electron chi connectivity index (χ0n) is 16.1. The predicted molar refractivity (Wildman–Crippen MR) is 118 cm³/mol. The molecule has 0 saturated carbocycles. The molecule has 0 saturated heterocycles. The molecule has 0 aliphatic carbocycles. The van der Waals surface area contributed by atoms with Gasteiger partial charge in [-0.2, -0.15) is 0 Å². The molecule has 0 atom stereocenters. The van der Waals surface area contributed by atoms with E-state index >= 15 is 0 Å². The van der Waals surface area contributed by atoms with Crippen molar-refractivity contribution in [2.24, 2.45) is 0 Å². The highest BCUT2D eigenvalue weighted by molar-refractivity contribution is 5.94. The summed E-state index contributed by atoms with van der Waals surface area (Å²) in [6.07, 6.45) is 0.0356. The fourth-order valence-corrected chi connectivity index (χ4v) is 3.21. The molecule has 1 heterocycles. The monoisotopic (exact) mass is 400 g/mol. The quantitative estimate of drug-likeness (QED) is 0.462. The Bertz CT molecular complexity index is 1310. The van der Waals surface area contributed by atoms with E-state index in [1.165, 1.54) is 4.68 Å². The molecule has 7 nitrogen and oxygen atoms in total. The second-order valence-electron chi connectivity index (χ2n) is 6.78. The summed E-state index contributed by atoms with van der Waals surface area (Å²) < 4.78 is 1.18. The molecule has 150 valence electrons. The van der Waals surface area contributed by atoms with Crippen LogP contribution in [0.1, 0.15) is 6.42 Å². The van der Waals surface area contributed by atoms with Gasteiger partial charge in [0.2, 0.25) is 5.91 Å². The van der Waals surface area contributed by atoms with Gasteiger partial charge in [-0.15, -0.1) is 0 Å². The molecule has 0 spiro atoms. The van der Waals surface area contributed by atoms with Crippen LogP contribution in [0.15, 0.2) is 88.5 Å². The Morgan fingerprint density at radius 1 is 0.800 bits per heavy atom. The van der Waals surface area contributed by atoms with Crippen LogP contribution in [0.2, 0.25) is 0 Å². The van der Waals surface area contributed by atoms with Gasteiger partial charge in [-0.05, 0) is 36.4 Å². The number of carbonyl (C=O) groups is 1. The Labute approximate surface area is 172 Å². The second kappa shape index (κ2) is 8.48.